The lowest BCUT2D eigenvalue weighted by Crippen LogP contribution is -2.12. The molecule has 4 nitrogen and oxygen atoms in total. The number of carbonyl (C=O) groups excluding carboxylic acids is 1. The molecule has 0 bridgehead atoms. The molecular weight excluding hydrogens is 223 g/mol. The average molecular weight is 234 g/mol. The molecule has 1 aromatic carbocycles. The first-order valence-electron chi connectivity index (χ1n) is 5.04. The van der Waals surface area contributed by atoms with E-state index >= 15 is 0 Å². The molecule has 2 rings (SSSR count). The van der Waals surface area contributed by atoms with Gasteiger partial charge in [0.2, 0.25) is 5.91 Å². The van der Waals surface area contributed by atoms with Crippen LogP contribution in [0.3, 0.4) is 0 Å². The minimum Gasteiger partial charge on any atom is -0.496 e. The number of imidazole rings is 1. The van der Waals surface area contributed by atoms with Gasteiger partial charge in [-0.05, 0) is 18.2 Å². The predicted molar refractivity (Wildman–Crippen MR) is 59.5 cm³/mol. The average Bonchev–Trinajstić information content (AvgIpc) is 2.83. The Morgan fingerprint density at radius 1 is 1.53 bits per heavy atom. The smallest absolute Gasteiger partial charge is 0.236 e. The van der Waals surface area contributed by atoms with Gasteiger partial charge in [-0.3, -0.25) is 9.36 Å². The molecule has 0 amide bonds. The Balaban J connectivity index is 2.23. The fraction of sp³-hybridized carbons (Fsp3) is 0.167. The van der Waals surface area contributed by atoms with Crippen molar-refractivity contribution < 1.29 is 13.9 Å². The highest BCUT2D eigenvalue weighted by Crippen LogP contribution is 2.20. The molecule has 88 valence electrons. The molecule has 5 heteroatoms. The second-order valence-electron chi connectivity index (χ2n) is 3.50. The second kappa shape index (κ2) is 4.78. The van der Waals surface area contributed by atoms with Gasteiger partial charge in [0, 0.05) is 18.0 Å². The summed E-state index contributed by atoms with van der Waals surface area (Å²) in [4.78, 5) is 15.6. The van der Waals surface area contributed by atoms with Crippen LogP contribution in [0, 0.1) is 5.82 Å². The first kappa shape index (κ1) is 11.3. The normalized spacial score (nSPS) is 10.2. The number of rotatable bonds is 3. The van der Waals surface area contributed by atoms with Gasteiger partial charge in [-0.1, -0.05) is 0 Å². The number of halogens is 1. The fourth-order valence-corrected chi connectivity index (χ4v) is 1.55. The van der Waals surface area contributed by atoms with Gasteiger partial charge in [-0.2, -0.15) is 0 Å². The van der Waals surface area contributed by atoms with Crippen molar-refractivity contribution in [3.05, 3.63) is 48.3 Å². The molecule has 0 aliphatic heterocycles. The molecule has 17 heavy (non-hydrogen) atoms. The molecule has 0 unspecified atom stereocenters. The summed E-state index contributed by atoms with van der Waals surface area (Å²) in [6, 6.07) is 4.10. The molecule has 0 N–H and O–H groups in total. The van der Waals surface area contributed by atoms with Crippen molar-refractivity contribution in [2.75, 3.05) is 7.11 Å². The van der Waals surface area contributed by atoms with Crippen LogP contribution in [0.4, 0.5) is 4.39 Å². The summed E-state index contributed by atoms with van der Waals surface area (Å²) >= 11 is 0. The maximum Gasteiger partial charge on any atom is 0.236 e. The molecule has 0 aliphatic carbocycles. The standard InChI is InChI=1S/C12H11FN2O2/c1-17-11-3-2-10(13)6-9(11)7-12(16)15-5-4-14-8-15/h2-6,8H,7H2,1H3. The number of nitrogens with zero attached hydrogens (tertiary/aromatic N) is 2. The number of hydrogen-bond donors (Lipinski definition) is 0. The van der Waals surface area contributed by atoms with Crippen LogP contribution in [0.25, 0.3) is 0 Å². The van der Waals surface area contributed by atoms with E-state index in [0.717, 1.165) is 0 Å². The van der Waals surface area contributed by atoms with Crippen molar-refractivity contribution in [1.29, 1.82) is 0 Å². The van der Waals surface area contributed by atoms with Crippen LogP contribution in [-0.4, -0.2) is 22.6 Å². The van der Waals surface area contributed by atoms with Crippen LogP contribution >= 0.6 is 0 Å². The van der Waals surface area contributed by atoms with Crippen LogP contribution < -0.4 is 4.74 Å². The van der Waals surface area contributed by atoms with E-state index < -0.39 is 0 Å². The molecule has 0 spiro atoms. The Morgan fingerprint density at radius 2 is 2.35 bits per heavy atom. The highest BCUT2D eigenvalue weighted by molar-refractivity contribution is 5.81. The summed E-state index contributed by atoms with van der Waals surface area (Å²) in [6.45, 7) is 0. The van der Waals surface area contributed by atoms with Crippen molar-refractivity contribution in [2.24, 2.45) is 0 Å². The van der Waals surface area contributed by atoms with Gasteiger partial charge in [-0.15, -0.1) is 0 Å². The first-order valence-corrected chi connectivity index (χ1v) is 5.04. The van der Waals surface area contributed by atoms with E-state index in [0.29, 0.717) is 11.3 Å². The summed E-state index contributed by atoms with van der Waals surface area (Å²) < 4.78 is 19.5. The van der Waals surface area contributed by atoms with E-state index in [1.165, 1.54) is 42.4 Å². The molecule has 2 aromatic rings. The largest absolute Gasteiger partial charge is 0.496 e. The van der Waals surface area contributed by atoms with Crippen molar-refractivity contribution >= 4 is 5.91 Å². The summed E-state index contributed by atoms with van der Waals surface area (Å²) in [5.74, 6) is -0.0782. The zero-order valence-electron chi connectivity index (χ0n) is 9.26. The van der Waals surface area contributed by atoms with Gasteiger partial charge in [-0.25, -0.2) is 9.37 Å². The van der Waals surface area contributed by atoms with E-state index in [9.17, 15) is 9.18 Å². The van der Waals surface area contributed by atoms with Crippen molar-refractivity contribution in [3.8, 4) is 5.75 Å². The maximum atomic E-state index is 13.1. The molecule has 0 saturated heterocycles. The van der Waals surface area contributed by atoms with E-state index in [4.69, 9.17) is 4.74 Å². The van der Waals surface area contributed by atoms with Crippen LogP contribution in [-0.2, 0) is 6.42 Å². The predicted octanol–water partition coefficient (Wildman–Crippen LogP) is 1.91. The Morgan fingerprint density at radius 3 is 3.00 bits per heavy atom. The Hall–Kier alpha value is -2.17. The lowest BCUT2D eigenvalue weighted by atomic mass is 10.1. The minimum absolute atomic E-state index is 0.0668. The van der Waals surface area contributed by atoms with E-state index in [-0.39, 0.29) is 18.1 Å². The quantitative estimate of drug-likeness (QED) is 0.814. The van der Waals surface area contributed by atoms with E-state index in [1.54, 1.807) is 6.20 Å². The number of aromatic nitrogens is 2. The summed E-state index contributed by atoms with van der Waals surface area (Å²) in [6.07, 6.45) is 4.54. The first-order chi connectivity index (χ1) is 8.20. The number of hydrogen-bond acceptors (Lipinski definition) is 3. The number of methoxy groups -OCH3 is 1. The lowest BCUT2D eigenvalue weighted by Gasteiger charge is -2.07. The van der Waals surface area contributed by atoms with Crippen molar-refractivity contribution in [3.63, 3.8) is 0 Å². The SMILES string of the molecule is COc1ccc(F)cc1CC(=O)n1ccnc1. The monoisotopic (exact) mass is 234 g/mol. The molecule has 0 saturated carbocycles. The third-order valence-corrected chi connectivity index (χ3v) is 2.38. The van der Waals surface area contributed by atoms with E-state index in [1.807, 2.05) is 0 Å². The maximum absolute atomic E-state index is 13.1. The van der Waals surface area contributed by atoms with Gasteiger partial charge in [0.15, 0.2) is 0 Å². The number of carbonyl (C=O) groups is 1. The second-order valence-corrected chi connectivity index (χ2v) is 3.50. The van der Waals surface area contributed by atoms with Gasteiger partial charge in [0.1, 0.15) is 17.9 Å². The zero-order chi connectivity index (χ0) is 12.3. The Kier molecular flexibility index (Phi) is 3.18. The van der Waals surface area contributed by atoms with Crippen LogP contribution in [0.15, 0.2) is 36.9 Å². The number of ether oxygens (including phenoxy) is 1. The van der Waals surface area contributed by atoms with Crippen LogP contribution in [0.1, 0.15) is 10.4 Å². The Labute approximate surface area is 97.7 Å². The van der Waals surface area contributed by atoms with Crippen LogP contribution in [0.5, 0.6) is 5.75 Å². The molecule has 1 aromatic heterocycles. The molecule has 0 aliphatic rings. The molecule has 1 heterocycles. The highest BCUT2D eigenvalue weighted by atomic mass is 19.1. The molecule has 0 radical (unpaired) electrons. The highest BCUT2D eigenvalue weighted by Gasteiger charge is 2.11. The topological polar surface area (TPSA) is 44.1 Å². The van der Waals surface area contributed by atoms with Crippen molar-refractivity contribution in [2.45, 2.75) is 6.42 Å². The van der Waals surface area contributed by atoms with Crippen LogP contribution in [0.2, 0.25) is 0 Å². The lowest BCUT2D eigenvalue weighted by molar-refractivity contribution is 0.0913. The Bertz CT molecular complexity index is 523. The summed E-state index contributed by atoms with van der Waals surface area (Å²) in [7, 11) is 1.48. The van der Waals surface area contributed by atoms with E-state index in [2.05, 4.69) is 4.98 Å². The van der Waals surface area contributed by atoms with Gasteiger partial charge in [0.25, 0.3) is 0 Å². The third kappa shape index (κ3) is 2.50. The molecule has 0 atom stereocenters. The van der Waals surface area contributed by atoms with Gasteiger partial charge in [0.05, 0.1) is 13.5 Å². The summed E-state index contributed by atoms with van der Waals surface area (Å²) in [5, 5.41) is 0. The van der Waals surface area contributed by atoms with Crippen molar-refractivity contribution in [1.82, 2.24) is 9.55 Å². The minimum atomic E-state index is -0.390. The zero-order valence-corrected chi connectivity index (χ0v) is 9.26. The molecule has 0 fully saturated rings. The summed E-state index contributed by atoms with van der Waals surface area (Å²) in [5.41, 5.74) is 0.520. The number of benzene rings is 1. The molecular formula is C12H11FN2O2. The van der Waals surface area contributed by atoms with Gasteiger partial charge >= 0.3 is 0 Å². The third-order valence-electron chi connectivity index (χ3n) is 2.38. The fourth-order valence-electron chi connectivity index (χ4n) is 1.55. The van der Waals surface area contributed by atoms with Gasteiger partial charge < -0.3 is 4.74 Å².